The highest BCUT2D eigenvalue weighted by Gasteiger charge is 2.44. The first-order valence-electron chi connectivity index (χ1n) is 11.5. The Bertz CT molecular complexity index is 1220. The SMILES string of the molecule is COCCCN1C(/C=C/c2ccc(-n3cnc(C)c3)c(OC)c2)=NOC1(C)c1ccccc1OC. The third kappa shape index (κ3) is 5.02. The largest absolute Gasteiger partial charge is 0.496 e. The second-order valence-corrected chi connectivity index (χ2v) is 8.41. The number of imidazole rings is 1. The van der Waals surface area contributed by atoms with Gasteiger partial charge >= 0.3 is 0 Å². The molecule has 3 aromatic rings. The molecule has 1 aliphatic heterocycles. The van der Waals surface area contributed by atoms with Gasteiger partial charge in [0.1, 0.15) is 11.5 Å². The number of oxime groups is 1. The maximum Gasteiger partial charge on any atom is 0.238 e. The van der Waals surface area contributed by atoms with Gasteiger partial charge < -0.3 is 28.5 Å². The lowest BCUT2D eigenvalue weighted by Gasteiger charge is -2.35. The fourth-order valence-corrected chi connectivity index (χ4v) is 4.23. The molecule has 184 valence electrons. The summed E-state index contributed by atoms with van der Waals surface area (Å²) in [6.45, 7) is 5.31. The van der Waals surface area contributed by atoms with E-state index in [-0.39, 0.29) is 0 Å². The van der Waals surface area contributed by atoms with Crippen molar-refractivity contribution < 1.29 is 19.0 Å². The standard InChI is InChI=1S/C27H32N4O4/c1-20-18-30(19-28-20)23-13-11-21(17-25(23)34-5)12-14-26-29-35-27(2,31(26)15-8-16-32-3)22-9-6-7-10-24(22)33-4/h6-7,9-14,17-19H,8,15-16H2,1-5H3/b14-12+. The van der Waals surface area contributed by atoms with E-state index in [9.17, 15) is 0 Å². The fraction of sp³-hybridized carbons (Fsp3) is 0.333. The van der Waals surface area contributed by atoms with Crippen LogP contribution in [0.25, 0.3) is 11.8 Å². The van der Waals surface area contributed by atoms with E-state index in [1.54, 1.807) is 27.7 Å². The van der Waals surface area contributed by atoms with Gasteiger partial charge in [0.15, 0.2) is 5.84 Å². The van der Waals surface area contributed by atoms with Crippen LogP contribution < -0.4 is 9.47 Å². The van der Waals surface area contributed by atoms with Gasteiger partial charge in [-0.3, -0.25) is 0 Å². The molecule has 0 saturated heterocycles. The van der Waals surface area contributed by atoms with Crippen molar-refractivity contribution in [3.05, 3.63) is 77.9 Å². The second-order valence-electron chi connectivity index (χ2n) is 8.41. The van der Waals surface area contributed by atoms with Crippen molar-refractivity contribution in [3.63, 3.8) is 0 Å². The minimum Gasteiger partial charge on any atom is -0.496 e. The Hall–Kier alpha value is -3.78. The lowest BCUT2D eigenvalue weighted by atomic mass is 10.0. The van der Waals surface area contributed by atoms with Gasteiger partial charge in [-0.2, -0.15) is 0 Å². The molecule has 1 atom stereocenters. The number of aromatic nitrogens is 2. The Labute approximate surface area is 206 Å². The summed E-state index contributed by atoms with van der Waals surface area (Å²) in [7, 11) is 5.04. The molecule has 0 saturated carbocycles. The van der Waals surface area contributed by atoms with Crippen LogP contribution in [0.15, 0.2) is 66.2 Å². The highest BCUT2D eigenvalue weighted by molar-refractivity contribution is 5.97. The minimum absolute atomic E-state index is 0.641. The number of amidine groups is 1. The van der Waals surface area contributed by atoms with Crippen LogP contribution in [-0.2, 0) is 15.3 Å². The summed E-state index contributed by atoms with van der Waals surface area (Å²) in [4.78, 5) is 12.5. The molecule has 0 radical (unpaired) electrons. The monoisotopic (exact) mass is 476 g/mol. The summed E-state index contributed by atoms with van der Waals surface area (Å²) in [5.74, 6) is 2.23. The van der Waals surface area contributed by atoms with Gasteiger partial charge in [-0.05, 0) is 49.2 Å². The molecule has 8 heteroatoms. The molecule has 0 aliphatic carbocycles. The number of aryl methyl sites for hydroxylation is 1. The second kappa shape index (κ2) is 10.7. The normalized spacial score (nSPS) is 17.5. The Morgan fingerprint density at radius 1 is 1.03 bits per heavy atom. The number of para-hydroxylation sites is 1. The maximum absolute atomic E-state index is 6.04. The average Bonchev–Trinajstić information content (AvgIpc) is 3.46. The molecule has 0 bridgehead atoms. The summed E-state index contributed by atoms with van der Waals surface area (Å²) in [5.41, 5.74) is 2.96. The van der Waals surface area contributed by atoms with Crippen molar-refractivity contribution in [3.8, 4) is 17.2 Å². The first-order chi connectivity index (χ1) is 17.0. The summed E-state index contributed by atoms with van der Waals surface area (Å²) in [6.07, 6.45) is 8.54. The molecule has 2 aromatic carbocycles. The number of ether oxygens (including phenoxy) is 3. The van der Waals surface area contributed by atoms with E-state index in [1.165, 1.54) is 0 Å². The molecule has 0 fully saturated rings. The Balaban J connectivity index is 1.61. The van der Waals surface area contributed by atoms with E-state index in [4.69, 9.17) is 19.0 Å². The number of hydrogen-bond donors (Lipinski definition) is 0. The van der Waals surface area contributed by atoms with Crippen molar-refractivity contribution in [1.82, 2.24) is 14.5 Å². The zero-order valence-corrected chi connectivity index (χ0v) is 20.9. The summed E-state index contributed by atoms with van der Waals surface area (Å²) >= 11 is 0. The van der Waals surface area contributed by atoms with Crippen LogP contribution in [0.5, 0.6) is 11.5 Å². The first-order valence-corrected chi connectivity index (χ1v) is 11.5. The van der Waals surface area contributed by atoms with Crippen LogP contribution in [0.1, 0.15) is 30.2 Å². The molecule has 1 unspecified atom stereocenters. The van der Waals surface area contributed by atoms with E-state index in [0.29, 0.717) is 13.2 Å². The number of nitrogens with zero attached hydrogens (tertiary/aromatic N) is 4. The van der Waals surface area contributed by atoms with Crippen LogP contribution >= 0.6 is 0 Å². The smallest absolute Gasteiger partial charge is 0.238 e. The molecule has 0 amide bonds. The van der Waals surface area contributed by atoms with E-state index in [1.807, 2.05) is 79.2 Å². The molecule has 8 nitrogen and oxygen atoms in total. The van der Waals surface area contributed by atoms with Gasteiger partial charge in [0.2, 0.25) is 5.72 Å². The zero-order chi connectivity index (χ0) is 24.8. The third-order valence-electron chi connectivity index (χ3n) is 6.06. The fourth-order valence-electron chi connectivity index (χ4n) is 4.23. The topological polar surface area (TPSA) is 70.3 Å². The molecular formula is C27H32N4O4. The average molecular weight is 477 g/mol. The number of hydrogen-bond acceptors (Lipinski definition) is 7. The van der Waals surface area contributed by atoms with Gasteiger partial charge in [-0.1, -0.05) is 29.4 Å². The Morgan fingerprint density at radius 3 is 2.54 bits per heavy atom. The molecule has 0 spiro atoms. The third-order valence-corrected chi connectivity index (χ3v) is 6.06. The number of methoxy groups -OCH3 is 3. The molecule has 2 heterocycles. The van der Waals surface area contributed by atoms with Crippen LogP contribution in [-0.4, -0.2) is 54.8 Å². The molecule has 1 aromatic heterocycles. The number of rotatable bonds is 10. The van der Waals surface area contributed by atoms with Crippen molar-refractivity contribution in [2.75, 3.05) is 34.5 Å². The molecule has 4 rings (SSSR count). The van der Waals surface area contributed by atoms with Crippen molar-refractivity contribution >= 4 is 11.9 Å². The Morgan fingerprint density at radius 2 is 1.83 bits per heavy atom. The van der Waals surface area contributed by atoms with Crippen LogP contribution in [0, 0.1) is 6.92 Å². The van der Waals surface area contributed by atoms with Crippen molar-refractivity contribution in [2.24, 2.45) is 5.16 Å². The maximum atomic E-state index is 6.04. The molecule has 1 aliphatic rings. The quantitative estimate of drug-likeness (QED) is 0.393. The molecule has 35 heavy (non-hydrogen) atoms. The van der Waals surface area contributed by atoms with Gasteiger partial charge in [0.05, 0.1) is 37.5 Å². The van der Waals surface area contributed by atoms with E-state index < -0.39 is 5.72 Å². The van der Waals surface area contributed by atoms with Gasteiger partial charge in [-0.15, -0.1) is 0 Å². The molecular weight excluding hydrogens is 444 g/mol. The highest BCUT2D eigenvalue weighted by atomic mass is 16.7. The predicted molar refractivity (Wildman–Crippen MR) is 136 cm³/mol. The van der Waals surface area contributed by atoms with Crippen LogP contribution in [0.4, 0.5) is 0 Å². The van der Waals surface area contributed by atoms with Crippen molar-refractivity contribution in [1.29, 1.82) is 0 Å². The summed E-state index contributed by atoms with van der Waals surface area (Å²) < 4.78 is 18.5. The van der Waals surface area contributed by atoms with E-state index >= 15 is 0 Å². The van der Waals surface area contributed by atoms with Crippen LogP contribution in [0.2, 0.25) is 0 Å². The van der Waals surface area contributed by atoms with Gasteiger partial charge in [-0.25, -0.2) is 4.98 Å². The van der Waals surface area contributed by atoms with Crippen LogP contribution in [0.3, 0.4) is 0 Å². The lowest BCUT2D eigenvalue weighted by molar-refractivity contribution is -0.0926. The van der Waals surface area contributed by atoms with Gasteiger partial charge in [0, 0.05) is 33.4 Å². The predicted octanol–water partition coefficient (Wildman–Crippen LogP) is 4.77. The highest BCUT2D eigenvalue weighted by Crippen LogP contribution is 2.40. The van der Waals surface area contributed by atoms with Gasteiger partial charge in [0.25, 0.3) is 0 Å². The lowest BCUT2D eigenvalue weighted by Crippen LogP contribution is -2.44. The number of benzene rings is 2. The first kappa shape index (κ1) is 24.3. The zero-order valence-electron chi connectivity index (χ0n) is 20.9. The van der Waals surface area contributed by atoms with E-state index in [0.717, 1.165) is 46.3 Å². The minimum atomic E-state index is -0.805. The summed E-state index contributed by atoms with van der Waals surface area (Å²) in [6, 6.07) is 13.9. The summed E-state index contributed by atoms with van der Waals surface area (Å²) in [5, 5.41) is 4.44. The van der Waals surface area contributed by atoms with Crippen molar-refractivity contribution in [2.45, 2.75) is 26.0 Å². The van der Waals surface area contributed by atoms with E-state index in [2.05, 4.69) is 15.0 Å². The Kier molecular flexibility index (Phi) is 7.41. The molecule has 0 N–H and O–H groups in total.